The summed E-state index contributed by atoms with van der Waals surface area (Å²) in [6.45, 7) is 0. The van der Waals surface area contributed by atoms with Gasteiger partial charge in [-0.2, -0.15) is 0 Å². The smallest absolute Gasteiger partial charge is 0.128 e. The maximum atomic E-state index is 6.03. The Morgan fingerprint density at radius 1 is 1.19 bits per heavy atom. The zero-order valence-corrected chi connectivity index (χ0v) is 12.3. The third-order valence-electron chi connectivity index (χ3n) is 3.43. The molecule has 0 aliphatic rings. The van der Waals surface area contributed by atoms with Gasteiger partial charge in [0.25, 0.3) is 0 Å². The van der Waals surface area contributed by atoms with Crippen LogP contribution in [0.15, 0.2) is 48.7 Å². The van der Waals surface area contributed by atoms with Gasteiger partial charge in [0.05, 0.1) is 22.3 Å². The number of hydrogen-bond donors (Lipinski definition) is 2. The predicted octanol–water partition coefficient (Wildman–Crippen LogP) is 3.17. The number of benzene rings is 1. The molecule has 3 rings (SSSR count). The highest BCUT2D eigenvalue weighted by atomic mass is 35.5. The van der Waals surface area contributed by atoms with Gasteiger partial charge >= 0.3 is 0 Å². The lowest BCUT2D eigenvalue weighted by Gasteiger charge is -2.18. The molecule has 1 aromatic carbocycles. The summed E-state index contributed by atoms with van der Waals surface area (Å²) < 4.78 is 0. The quantitative estimate of drug-likeness (QED) is 0.779. The molecule has 0 bridgehead atoms. The van der Waals surface area contributed by atoms with Crippen molar-refractivity contribution in [2.75, 3.05) is 12.8 Å². The highest BCUT2D eigenvalue weighted by Crippen LogP contribution is 2.27. The van der Waals surface area contributed by atoms with Gasteiger partial charge in [0, 0.05) is 17.1 Å². The summed E-state index contributed by atoms with van der Waals surface area (Å²) in [5, 5.41) is 4.89. The maximum absolute atomic E-state index is 6.03. The average molecular weight is 299 g/mol. The number of rotatable bonds is 3. The number of nitrogens with one attached hydrogen (secondary N) is 1. The van der Waals surface area contributed by atoms with Crippen LogP contribution < -0.4 is 11.1 Å². The Bertz CT molecular complexity index is 788. The molecule has 0 spiro atoms. The van der Waals surface area contributed by atoms with Gasteiger partial charge in [-0.3, -0.25) is 4.98 Å². The molecule has 0 radical (unpaired) electrons. The highest BCUT2D eigenvalue weighted by Gasteiger charge is 2.17. The standard InChI is InChI=1S/C16H15ClN4/c1-19-15(12-8-11(17)9-20-16(12)18)14-7-6-10-4-2-3-5-13(10)21-14/h2-9,15,19H,1H3,(H2,18,20). The Morgan fingerprint density at radius 3 is 2.81 bits per heavy atom. The van der Waals surface area contributed by atoms with Crippen LogP contribution in [0.5, 0.6) is 0 Å². The highest BCUT2D eigenvalue weighted by molar-refractivity contribution is 6.30. The molecule has 2 heterocycles. The Kier molecular flexibility index (Phi) is 3.73. The number of para-hydroxylation sites is 1. The lowest BCUT2D eigenvalue weighted by Crippen LogP contribution is -2.20. The fraction of sp³-hybridized carbons (Fsp3) is 0.125. The first-order valence-electron chi connectivity index (χ1n) is 6.63. The van der Waals surface area contributed by atoms with Crippen molar-refractivity contribution in [3.63, 3.8) is 0 Å². The monoisotopic (exact) mass is 298 g/mol. The first-order valence-corrected chi connectivity index (χ1v) is 7.00. The molecule has 5 heteroatoms. The summed E-state index contributed by atoms with van der Waals surface area (Å²) in [5.74, 6) is 0.453. The Labute approximate surface area is 128 Å². The van der Waals surface area contributed by atoms with E-state index < -0.39 is 0 Å². The second-order valence-corrected chi connectivity index (χ2v) is 5.21. The van der Waals surface area contributed by atoms with Gasteiger partial charge in [-0.05, 0) is 25.2 Å². The minimum absolute atomic E-state index is 0.152. The number of aromatic nitrogens is 2. The summed E-state index contributed by atoms with van der Waals surface area (Å²) >= 11 is 6.03. The van der Waals surface area contributed by atoms with E-state index in [0.717, 1.165) is 22.2 Å². The van der Waals surface area contributed by atoms with Crippen molar-refractivity contribution < 1.29 is 0 Å². The SMILES string of the molecule is CNC(c1ccc2ccccc2n1)c1cc(Cl)cnc1N. The van der Waals surface area contributed by atoms with E-state index >= 15 is 0 Å². The predicted molar refractivity (Wildman–Crippen MR) is 86.3 cm³/mol. The second kappa shape index (κ2) is 5.68. The first-order chi connectivity index (χ1) is 10.2. The van der Waals surface area contributed by atoms with E-state index in [9.17, 15) is 0 Å². The van der Waals surface area contributed by atoms with E-state index in [1.807, 2.05) is 43.4 Å². The number of nitrogens with zero attached hydrogens (tertiary/aromatic N) is 2. The number of halogens is 1. The van der Waals surface area contributed by atoms with E-state index in [1.54, 1.807) is 6.20 Å². The van der Waals surface area contributed by atoms with E-state index in [1.165, 1.54) is 0 Å². The minimum atomic E-state index is -0.152. The summed E-state index contributed by atoms with van der Waals surface area (Å²) in [6, 6.07) is 13.7. The molecule has 0 saturated carbocycles. The summed E-state index contributed by atoms with van der Waals surface area (Å²) in [5.41, 5.74) is 8.63. The molecule has 0 aliphatic heterocycles. The minimum Gasteiger partial charge on any atom is -0.383 e. The fourth-order valence-electron chi connectivity index (χ4n) is 2.40. The molecule has 106 valence electrons. The van der Waals surface area contributed by atoms with Crippen molar-refractivity contribution in [2.24, 2.45) is 0 Å². The molecular weight excluding hydrogens is 284 g/mol. The van der Waals surface area contributed by atoms with Crippen LogP contribution in [0.25, 0.3) is 10.9 Å². The number of nitrogen functional groups attached to an aromatic ring is 1. The molecule has 1 unspecified atom stereocenters. The molecule has 4 nitrogen and oxygen atoms in total. The van der Waals surface area contributed by atoms with Crippen molar-refractivity contribution in [1.29, 1.82) is 0 Å². The van der Waals surface area contributed by atoms with Gasteiger partial charge in [-0.1, -0.05) is 35.9 Å². The zero-order chi connectivity index (χ0) is 14.8. The lowest BCUT2D eigenvalue weighted by molar-refractivity contribution is 0.673. The molecule has 3 aromatic rings. The number of fused-ring (bicyclic) bond motifs is 1. The topological polar surface area (TPSA) is 63.8 Å². The number of anilines is 1. The first kappa shape index (κ1) is 13.8. The summed E-state index contributed by atoms with van der Waals surface area (Å²) in [6.07, 6.45) is 1.54. The Balaban J connectivity index is 2.11. The third-order valence-corrected chi connectivity index (χ3v) is 3.64. The Hall–Kier alpha value is -2.17. The number of pyridine rings is 2. The Morgan fingerprint density at radius 2 is 2.00 bits per heavy atom. The summed E-state index contributed by atoms with van der Waals surface area (Å²) in [4.78, 5) is 8.82. The molecule has 0 saturated heterocycles. The van der Waals surface area contributed by atoms with Crippen LogP contribution >= 0.6 is 11.6 Å². The van der Waals surface area contributed by atoms with Gasteiger partial charge in [0.1, 0.15) is 5.82 Å². The molecule has 1 atom stereocenters. The van der Waals surface area contributed by atoms with Gasteiger partial charge in [0.15, 0.2) is 0 Å². The fourth-order valence-corrected chi connectivity index (χ4v) is 2.57. The summed E-state index contributed by atoms with van der Waals surface area (Å²) in [7, 11) is 1.86. The average Bonchev–Trinajstić information content (AvgIpc) is 2.51. The van der Waals surface area contributed by atoms with Crippen LogP contribution in [-0.2, 0) is 0 Å². The number of nitrogens with two attached hydrogens (primary N) is 1. The van der Waals surface area contributed by atoms with Crippen molar-refractivity contribution in [3.8, 4) is 0 Å². The molecule has 0 aliphatic carbocycles. The van der Waals surface area contributed by atoms with Crippen molar-refractivity contribution in [3.05, 3.63) is 64.9 Å². The van der Waals surface area contributed by atoms with E-state index in [4.69, 9.17) is 22.3 Å². The van der Waals surface area contributed by atoms with Crippen LogP contribution in [0.2, 0.25) is 5.02 Å². The molecular formula is C16H15ClN4. The van der Waals surface area contributed by atoms with Crippen molar-refractivity contribution in [1.82, 2.24) is 15.3 Å². The number of hydrogen-bond acceptors (Lipinski definition) is 4. The van der Waals surface area contributed by atoms with E-state index in [0.29, 0.717) is 10.8 Å². The van der Waals surface area contributed by atoms with Crippen LogP contribution in [0.1, 0.15) is 17.3 Å². The van der Waals surface area contributed by atoms with Crippen LogP contribution in [0.4, 0.5) is 5.82 Å². The van der Waals surface area contributed by atoms with Crippen LogP contribution in [-0.4, -0.2) is 17.0 Å². The van der Waals surface area contributed by atoms with E-state index in [2.05, 4.69) is 16.4 Å². The van der Waals surface area contributed by atoms with E-state index in [-0.39, 0.29) is 6.04 Å². The normalized spacial score (nSPS) is 12.5. The molecule has 0 fully saturated rings. The largest absolute Gasteiger partial charge is 0.383 e. The van der Waals surface area contributed by atoms with Crippen molar-refractivity contribution in [2.45, 2.75) is 6.04 Å². The zero-order valence-electron chi connectivity index (χ0n) is 11.5. The van der Waals surface area contributed by atoms with Gasteiger partial charge in [-0.25, -0.2) is 4.98 Å². The van der Waals surface area contributed by atoms with Crippen molar-refractivity contribution >= 4 is 28.3 Å². The third kappa shape index (κ3) is 2.68. The lowest BCUT2D eigenvalue weighted by atomic mass is 10.0. The van der Waals surface area contributed by atoms with Crippen LogP contribution in [0.3, 0.4) is 0 Å². The van der Waals surface area contributed by atoms with Gasteiger partial charge in [0.2, 0.25) is 0 Å². The van der Waals surface area contributed by atoms with Crippen LogP contribution in [0, 0.1) is 0 Å². The van der Waals surface area contributed by atoms with Gasteiger partial charge in [-0.15, -0.1) is 0 Å². The maximum Gasteiger partial charge on any atom is 0.128 e. The second-order valence-electron chi connectivity index (χ2n) is 4.78. The molecule has 21 heavy (non-hydrogen) atoms. The van der Waals surface area contributed by atoms with Gasteiger partial charge < -0.3 is 11.1 Å². The molecule has 3 N–H and O–H groups in total. The molecule has 2 aromatic heterocycles. The molecule has 0 amide bonds.